The molecule has 0 saturated heterocycles. The molecule has 0 spiro atoms. The lowest BCUT2D eigenvalue weighted by atomic mass is 9.83. The number of rotatable bonds is 4. The van der Waals surface area contributed by atoms with Gasteiger partial charge in [0.2, 0.25) is 0 Å². The Morgan fingerprint density at radius 2 is 1.12 bits per heavy atom. The molecule has 0 heterocycles. The van der Waals surface area contributed by atoms with Gasteiger partial charge in [-0.3, -0.25) is 0 Å². The van der Waals surface area contributed by atoms with E-state index in [0.29, 0.717) is 36.2 Å². The molecular formula is C18H26O6. The second kappa shape index (κ2) is 10.8. The molecule has 24 heavy (non-hydrogen) atoms. The maximum Gasteiger partial charge on any atom is 0.337 e. The number of ether oxygens (including phenoxy) is 2. The zero-order valence-corrected chi connectivity index (χ0v) is 14.2. The van der Waals surface area contributed by atoms with Crippen molar-refractivity contribution in [1.29, 1.82) is 0 Å². The Bertz CT molecular complexity index is 456. The fraction of sp³-hybridized carbons (Fsp3) is 0.556. The molecule has 1 aliphatic carbocycles. The van der Waals surface area contributed by atoms with E-state index in [4.69, 9.17) is 10.2 Å². The largest absolute Gasteiger partial charge is 0.465 e. The van der Waals surface area contributed by atoms with Gasteiger partial charge in [0, 0.05) is 13.2 Å². The highest BCUT2D eigenvalue weighted by Gasteiger charge is 2.19. The standard InChI is InChI=1S/C10H10O4.C8H16O2/c1-13-9(11)7-3-5-8(6-4-7)10(12)14-2;9-5-7-1-2-8(6-10)4-3-7/h3-6H,1-2H3;7-10H,1-6H2. The van der Waals surface area contributed by atoms with Crippen molar-refractivity contribution >= 4 is 11.9 Å². The summed E-state index contributed by atoms with van der Waals surface area (Å²) in [5.74, 6) is 0.174. The molecule has 0 bridgehead atoms. The number of carbonyl (C=O) groups is 2. The summed E-state index contributed by atoms with van der Waals surface area (Å²) in [5.41, 5.74) is 0.806. The first-order valence-electron chi connectivity index (χ1n) is 8.04. The molecule has 0 radical (unpaired) electrons. The van der Waals surface area contributed by atoms with Crippen molar-refractivity contribution in [2.24, 2.45) is 11.8 Å². The van der Waals surface area contributed by atoms with Crippen molar-refractivity contribution in [1.82, 2.24) is 0 Å². The molecule has 0 unspecified atom stereocenters. The van der Waals surface area contributed by atoms with Crippen LogP contribution in [0.15, 0.2) is 24.3 Å². The minimum Gasteiger partial charge on any atom is -0.465 e. The van der Waals surface area contributed by atoms with Gasteiger partial charge in [0.1, 0.15) is 0 Å². The van der Waals surface area contributed by atoms with Crippen molar-refractivity contribution in [3.63, 3.8) is 0 Å². The quantitative estimate of drug-likeness (QED) is 0.816. The van der Waals surface area contributed by atoms with E-state index in [9.17, 15) is 9.59 Å². The maximum atomic E-state index is 11.0. The summed E-state index contributed by atoms with van der Waals surface area (Å²) in [4.78, 5) is 22.1. The highest BCUT2D eigenvalue weighted by atomic mass is 16.5. The first-order valence-corrected chi connectivity index (χ1v) is 8.04. The molecule has 134 valence electrons. The average Bonchev–Trinajstić information content (AvgIpc) is 2.67. The topological polar surface area (TPSA) is 93.1 Å². The monoisotopic (exact) mass is 338 g/mol. The molecule has 0 aliphatic heterocycles. The van der Waals surface area contributed by atoms with Crippen LogP contribution in [0.2, 0.25) is 0 Å². The van der Waals surface area contributed by atoms with Crippen molar-refractivity contribution in [2.45, 2.75) is 25.7 Å². The fourth-order valence-corrected chi connectivity index (χ4v) is 2.57. The smallest absolute Gasteiger partial charge is 0.337 e. The van der Waals surface area contributed by atoms with E-state index in [-0.39, 0.29) is 0 Å². The van der Waals surface area contributed by atoms with Crippen LogP contribution in [0.25, 0.3) is 0 Å². The summed E-state index contributed by atoms with van der Waals surface area (Å²) < 4.78 is 9.02. The average molecular weight is 338 g/mol. The Hall–Kier alpha value is -1.92. The Morgan fingerprint density at radius 3 is 1.33 bits per heavy atom. The third-order valence-corrected chi connectivity index (χ3v) is 4.21. The molecule has 2 rings (SSSR count). The van der Waals surface area contributed by atoms with E-state index in [2.05, 4.69) is 9.47 Å². The number of aliphatic hydroxyl groups excluding tert-OH is 2. The van der Waals surface area contributed by atoms with E-state index in [1.807, 2.05) is 0 Å². The van der Waals surface area contributed by atoms with Gasteiger partial charge in [-0.25, -0.2) is 9.59 Å². The van der Waals surface area contributed by atoms with Crippen LogP contribution in [-0.2, 0) is 9.47 Å². The first kappa shape index (κ1) is 20.1. The number of benzene rings is 1. The number of carbonyl (C=O) groups excluding carboxylic acids is 2. The summed E-state index contributed by atoms with van der Waals surface area (Å²) in [6, 6.07) is 6.05. The van der Waals surface area contributed by atoms with Gasteiger partial charge in [0.05, 0.1) is 25.3 Å². The second-order valence-electron chi connectivity index (χ2n) is 5.81. The van der Waals surface area contributed by atoms with Gasteiger partial charge in [0.25, 0.3) is 0 Å². The van der Waals surface area contributed by atoms with Crippen LogP contribution in [0, 0.1) is 11.8 Å². The minimum absolute atomic E-state index is 0.331. The third-order valence-electron chi connectivity index (χ3n) is 4.21. The van der Waals surface area contributed by atoms with Gasteiger partial charge < -0.3 is 19.7 Å². The molecule has 1 aliphatic rings. The lowest BCUT2D eigenvalue weighted by Crippen LogP contribution is -2.19. The van der Waals surface area contributed by atoms with Gasteiger partial charge in [-0.05, 0) is 61.8 Å². The minimum atomic E-state index is -0.429. The van der Waals surface area contributed by atoms with Crippen LogP contribution < -0.4 is 0 Å². The molecule has 1 fully saturated rings. The van der Waals surface area contributed by atoms with Crippen LogP contribution >= 0.6 is 0 Å². The molecule has 1 saturated carbocycles. The van der Waals surface area contributed by atoms with Gasteiger partial charge in [0.15, 0.2) is 0 Å². The molecule has 1 aromatic carbocycles. The van der Waals surface area contributed by atoms with Gasteiger partial charge >= 0.3 is 11.9 Å². The maximum absolute atomic E-state index is 11.0. The highest BCUT2D eigenvalue weighted by Crippen LogP contribution is 2.27. The number of methoxy groups -OCH3 is 2. The van der Waals surface area contributed by atoms with Crippen LogP contribution in [0.5, 0.6) is 0 Å². The second-order valence-corrected chi connectivity index (χ2v) is 5.81. The van der Waals surface area contributed by atoms with Crippen LogP contribution in [0.1, 0.15) is 46.4 Å². The normalized spacial score (nSPS) is 19.7. The Labute approximate surface area is 142 Å². The van der Waals surface area contributed by atoms with E-state index in [1.54, 1.807) is 0 Å². The zero-order valence-electron chi connectivity index (χ0n) is 14.2. The predicted molar refractivity (Wildman–Crippen MR) is 88.7 cm³/mol. The SMILES string of the molecule is COC(=O)c1ccc(C(=O)OC)cc1.OCC1CCC(CO)CC1. The van der Waals surface area contributed by atoms with Gasteiger partial charge in [-0.1, -0.05) is 0 Å². The van der Waals surface area contributed by atoms with E-state index in [1.165, 1.54) is 38.5 Å². The third kappa shape index (κ3) is 6.29. The highest BCUT2D eigenvalue weighted by molar-refractivity contribution is 5.93. The first-order chi connectivity index (χ1) is 11.5. The Morgan fingerprint density at radius 1 is 0.833 bits per heavy atom. The Kier molecular flexibility index (Phi) is 9.04. The molecule has 0 atom stereocenters. The van der Waals surface area contributed by atoms with E-state index >= 15 is 0 Å². The lowest BCUT2D eigenvalue weighted by Gasteiger charge is -2.25. The van der Waals surface area contributed by atoms with Crippen LogP contribution in [0.3, 0.4) is 0 Å². The van der Waals surface area contributed by atoms with Crippen molar-refractivity contribution in [3.8, 4) is 0 Å². The van der Waals surface area contributed by atoms with Crippen molar-refractivity contribution in [3.05, 3.63) is 35.4 Å². The molecule has 1 aromatic rings. The molecule has 2 N–H and O–H groups in total. The Balaban J connectivity index is 0.000000254. The van der Waals surface area contributed by atoms with Crippen LogP contribution in [0.4, 0.5) is 0 Å². The van der Waals surface area contributed by atoms with Crippen molar-refractivity contribution < 1.29 is 29.3 Å². The van der Waals surface area contributed by atoms with Gasteiger partial charge in [-0.15, -0.1) is 0 Å². The number of hydrogen-bond acceptors (Lipinski definition) is 6. The number of esters is 2. The van der Waals surface area contributed by atoms with Crippen molar-refractivity contribution in [2.75, 3.05) is 27.4 Å². The summed E-state index contributed by atoms with van der Waals surface area (Å²) in [6.07, 6.45) is 4.40. The van der Waals surface area contributed by atoms with E-state index < -0.39 is 11.9 Å². The zero-order chi connectivity index (χ0) is 17.9. The van der Waals surface area contributed by atoms with Gasteiger partial charge in [-0.2, -0.15) is 0 Å². The lowest BCUT2D eigenvalue weighted by molar-refractivity contribution is 0.0586. The predicted octanol–water partition coefficient (Wildman–Crippen LogP) is 2.04. The molecule has 6 nitrogen and oxygen atoms in total. The van der Waals surface area contributed by atoms with E-state index in [0.717, 1.165) is 25.7 Å². The molecular weight excluding hydrogens is 312 g/mol. The summed E-state index contributed by atoms with van der Waals surface area (Å²) >= 11 is 0. The summed E-state index contributed by atoms with van der Waals surface area (Å²) in [7, 11) is 2.60. The summed E-state index contributed by atoms with van der Waals surface area (Å²) in [6.45, 7) is 0.663. The fourth-order valence-electron chi connectivity index (χ4n) is 2.57. The number of aliphatic hydroxyl groups is 2. The molecule has 6 heteroatoms. The molecule has 0 amide bonds. The number of hydrogen-bond donors (Lipinski definition) is 2. The summed E-state index contributed by atoms with van der Waals surface area (Å²) in [5, 5.41) is 17.6. The van der Waals surface area contributed by atoms with Crippen LogP contribution in [-0.4, -0.2) is 49.6 Å². The molecule has 0 aromatic heterocycles.